The van der Waals surface area contributed by atoms with Crippen molar-refractivity contribution in [1.82, 2.24) is 5.43 Å². The van der Waals surface area contributed by atoms with Crippen molar-refractivity contribution >= 4 is 11.3 Å². The maximum atomic E-state index is 5.65. The van der Waals surface area contributed by atoms with Gasteiger partial charge in [0.15, 0.2) is 0 Å². The Hall–Kier alpha value is -0.380. The van der Waals surface area contributed by atoms with Crippen LogP contribution in [-0.4, -0.2) is 0 Å². The van der Waals surface area contributed by atoms with Crippen LogP contribution in [0.1, 0.15) is 68.4 Å². The summed E-state index contributed by atoms with van der Waals surface area (Å²) in [4.78, 5) is 1.40. The number of hydrogen-bond acceptors (Lipinski definition) is 3. The molecule has 1 rings (SSSR count). The summed E-state index contributed by atoms with van der Waals surface area (Å²) in [6.07, 6.45) is 9.22. The van der Waals surface area contributed by atoms with Gasteiger partial charge in [-0.25, -0.2) is 0 Å². The van der Waals surface area contributed by atoms with Crippen molar-refractivity contribution in [3.05, 3.63) is 21.9 Å². The second-order valence-corrected chi connectivity index (χ2v) is 5.69. The van der Waals surface area contributed by atoms with Gasteiger partial charge >= 0.3 is 0 Å². The van der Waals surface area contributed by atoms with Gasteiger partial charge in [-0.05, 0) is 30.4 Å². The largest absolute Gasteiger partial charge is 0.271 e. The van der Waals surface area contributed by atoms with Crippen molar-refractivity contribution < 1.29 is 0 Å². The minimum Gasteiger partial charge on any atom is -0.271 e. The molecule has 1 aromatic rings. The maximum Gasteiger partial charge on any atom is 0.0555 e. The number of aryl methyl sites for hydroxylation is 1. The Kier molecular flexibility index (Phi) is 7.49. The monoisotopic (exact) mass is 254 g/mol. The van der Waals surface area contributed by atoms with Gasteiger partial charge in [-0.1, -0.05) is 45.4 Å². The molecule has 0 amide bonds. The van der Waals surface area contributed by atoms with E-state index in [9.17, 15) is 0 Å². The van der Waals surface area contributed by atoms with E-state index in [4.69, 9.17) is 5.84 Å². The van der Waals surface area contributed by atoms with Crippen molar-refractivity contribution in [3.8, 4) is 0 Å². The molecule has 0 aliphatic carbocycles. The predicted molar refractivity (Wildman–Crippen MR) is 77.1 cm³/mol. The van der Waals surface area contributed by atoms with Crippen LogP contribution in [0.15, 0.2) is 11.4 Å². The highest BCUT2D eigenvalue weighted by Gasteiger charge is 2.12. The zero-order chi connectivity index (χ0) is 12.5. The van der Waals surface area contributed by atoms with Crippen molar-refractivity contribution in [1.29, 1.82) is 0 Å². The van der Waals surface area contributed by atoms with Crippen LogP contribution in [0.2, 0.25) is 0 Å². The Balaban J connectivity index is 2.22. The van der Waals surface area contributed by atoms with E-state index >= 15 is 0 Å². The third-order valence-corrected chi connectivity index (χ3v) is 4.40. The number of hydrogen-bond donors (Lipinski definition) is 2. The Morgan fingerprint density at radius 2 is 1.94 bits per heavy atom. The maximum absolute atomic E-state index is 5.65. The summed E-state index contributed by atoms with van der Waals surface area (Å²) in [5.41, 5.74) is 4.32. The van der Waals surface area contributed by atoms with E-state index in [0.29, 0.717) is 6.04 Å². The van der Waals surface area contributed by atoms with Gasteiger partial charge in [0.1, 0.15) is 0 Å². The average Bonchev–Trinajstić information content (AvgIpc) is 2.75. The SMILES string of the molecule is CCCCCCCCC(NN)c1sccc1C. The minimum atomic E-state index is 0.348. The first-order valence-electron chi connectivity index (χ1n) is 6.79. The van der Waals surface area contributed by atoms with Gasteiger partial charge < -0.3 is 0 Å². The standard InChI is InChI=1S/C14H26N2S/c1-3-4-5-6-7-8-9-13(16-15)14-12(2)10-11-17-14/h10-11,13,16H,3-9,15H2,1-2H3. The molecule has 0 saturated heterocycles. The predicted octanol–water partition coefficient (Wildman–Crippen LogP) is 4.31. The lowest BCUT2D eigenvalue weighted by molar-refractivity contribution is 0.481. The lowest BCUT2D eigenvalue weighted by atomic mass is 10.0. The highest BCUT2D eigenvalue weighted by Crippen LogP contribution is 2.27. The second-order valence-electron chi connectivity index (χ2n) is 4.74. The molecular formula is C14H26N2S. The van der Waals surface area contributed by atoms with E-state index in [0.717, 1.165) is 6.42 Å². The molecule has 98 valence electrons. The van der Waals surface area contributed by atoms with Crippen molar-refractivity contribution in [3.63, 3.8) is 0 Å². The number of hydrazine groups is 1. The third kappa shape index (κ3) is 5.19. The Morgan fingerprint density at radius 1 is 1.24 bits per heavy atom. The van der Waals surface area contributed by atoms with E-state index < -0.39 is 0 Å². The lowest BCUT2D eigenvalue weighted by Gasteiger charge is -2.15. The van der Waals surface area contributed by atoms with E-state index in [1.807, 2.05) is 11.3 Å². The van der Waals surface area contributed by atoms with Crippen LogP contribution >= 0.6 is 11.3 Å². The van der Waals surface area contributed by atoms with Crippen LogP contribution < -0.4 is 11.3 Å². The third-order valence-electron chi connectivity index (χ3n) is 3.27. The van der Waals surface area contributed by atoms with Gasteiger partial charge in [0.05, 0.1) is 6.04 Å². The molecule has 1 unspecified atom stereocenters. The molecule has 0 saturated carbocycles. The van der Waals surface area contributed by atoms with Gasteiger partial charge in [0.2, 0.25) is 0 Å². The first-order chi connectivity index (χ1) is 8.29. The molecule has 0 aliphatic rings. The van der Waals surface area contributed by atoms with Gasteiger partial charge in [-0.15, -0.1) is 11.3 Å². The fraction of sp³-hybridized carbons (Fsp3) is 0.714. The van der Waals surface area contributed by atoms with Crippen LogP contribution in [0.4, 0.5) is 0 Å². The van der Waals surface area contributed by atoms with Gasteiger partial charge in [0, 0.05) is 4.88 Å². The van der Waals surface area contributed by atoms with Gasteiger partial charge in [0.25, 0.3) is 0 Å². The summed E-state index contributed by atoms with van der Waals surface area (Å²) in [6, 6.07) is 2.52. The Morgan fingerprint density at radius 3 is 2.53 bits per heavy atom. The summed E-state index contributed by atoms with van der Waals surface area (Å²) in [5, 5.41) is 2.15. The summed E-state index contributed by atoms with van der Waals surface area (Å²) < 4.78 is 0. The molecule has 1 aromatic heterocycles. The van der Waals surface area contributed by atoms with E-state index in [1.54, 1.807) is 0 Å². The second kappa shape index (κ2) is 8.67. The molecule has 0 aromatic carbocycles. The van der Waals surface area contributed by atoms with Crippen molar-refractivity contribution in [2.24, 2.45) is 5.84 Å². The first-order valence-corrected chi connectivity index (χ1v) is 7.67. The molecule has 0 fully saturated rings. The van der Waals surface area contributed by atoms with Crippen molar-refractivity contribution in [2.45, 2.75) is 64.8 Å². The number of thiophene rings is 1. The fourth-order valence-corrected chi connectivity index (χ4v) is 3.18. The quantitative estimate of drug-likeness (QED) is 0.391. The van der Waals surface area contributed by atoms with Crippen molar-refractivity contribution in [2.75, 3.05) is 0 Å². The topological polar surface area (TPSA) is 38.0 Å². The number of rotatable bonds is 9. The molecule has 1 heterocycles. The Bertz CT molecular complexity index is 296. The molecule has 3 N–H and O–H groups in total. The zero-order valence-corrected chi connectivity index (χ0v) is 12.0. The average molecular weight is 254 g/mol. The van der Waals surface area contributed by atoms with Gasteiger partial charge in [-0.2, -0.15) is 0 Å². The zero-order valence-electron chi connectivity index (χ0n) is 11.2. The fourth-order valence-electron chi connectivity index (χ4n) is 2.16. The molecule has 1 atom stereocenters. The molecule has 17 heavy (non-hydrogen) atoms. The van der Waals surface area contributed by atoms with Crippen LogP contribution in [0, 0.1) is 6.92 Å². The Labute approximate surface area is 110 Å². The lowest BCUT2D eigenvalue weighted by Crippen LogP contribution is -2.27. The van der Waals surface area contributed by atoms with Crippen LogP contribution in [0.5, 0.6) is 0 Å². The van der Waals surface area contributed by atoms with Crippen LogP contribution in [0.3, 0.4) is 0 Å². The smallest absolute Gasteiger partial charge is 0.0555 e. The molecule has 0 radical (unpaired) electrons. The molecule has 2 nitrogen and oxygen atoms in total. The normalized spacial score (nSPS) is 12.9. The molecule has 0 aliphatic heterocycles. The molecule has 0 spiro atoms. The first kappa shape index (κ1) is 14.7. The molecule has 0 bridgehead atoms. The molecule has 3 heteroatoms. The van der Waals surface area contributed by atoms with Crippen LogP contribution in [-0.2, 0) is 0 Å². The van der Waals surface area contributed by atoms with Gasteiger partial charge in [-0.3, -0.25) is 11.3 Å². The number of nitrogens with two attached hydrogens (primary N) is 1. The highest BCUT2D eigenvalue weighted by molar-refractivity contribution is 7.10. The number of unbranched alkanes of at least 4 members (excludes halogenated alkanes) is 5. The van der Waals surface area contributed by atoms with E-state index in [1.165, 1.54) is 49.0 Å². The highest BCUT2D eigenvalue weighted by atomic mass is 32.1. The summed E-state index contributed by atoms with van der Waals surface area (Å²) in [5.74, 6) is 5.65. The van der Waals surface area contributed by atoms with E-state index in [2.05, 4.69) is 30.7 Å². The molecular weight excluding hydrogens is 228 g/mol. The summed E-state index contributed by atoms with van der Waals surface area (Å²) in [6.45, 7) is 4.42. The minimum absolute atomic E-state index is 0.348. The summed E-state index contributed by atoms with van der Waals surface area (Å²) >= 11 is 1.81. The van der Waals surface area contributed by atoms with Crippen LogP contribution in [0.25, 0.3) is 0 Å². The summed E-state index contributed by atoms with van der Waals surface area (Å²) in [7, 11) is 0. The van der Waals surface area contributed by atoms with E-state index in [-0.39, 0.29) is 0 Å². The number of nitrogens with one attached hydrogen (secondary N) is 1.